The summed E-state index contributed by atoms with van der Waals surface area (Å²) in [6.07, 6.45) is -0.170. The monoisotopic (exact) mass is 376 g/mol. The number of hydrogen-bond donors (Lipinski definition) is 0. The van der Waals surface area contributed by atoms with Crippen LogP contribution in [0.4, 0.5) is 18.9 Å². The molecule has 0 N–H and O–H groups in total. The number of halogens is 3. The Morgan fingerprint density at radius 1 is 1.00 bits per heavy atom. The van der Waals surface area contributed by atoms with Crippen molar-refractivity contribution in [2.75, 3.05) is 44.7 Å². The van der Waals surface area contributed by atoms with Gasteiger partial charge >= 0.3 is 6.18 Å². The highest BCUT2D eigenvalue weighted by molar-refractivity contribution is 5.57. The molecule has 1 aliphatic heterocycles. The highest BCUT2D eigenvalue weighted by Crippen LogP contribution is 2.31. The number of ether oxygens (including phenoxy) is 1. The number of para-hydroxylation sites is 1. The van der Waals surface area contributed by atoms with Crippen LogP contribution < -0.4 is 9.64 Å². The topological polar surface area (TPSA) is 15.7 Å². The Morgan fingerprint density at radius 2 is 1.74 bits per heavy atom. The maximum Gasteiger partial charge on any atom is 0.416 e. The predicted octanol–water partition coefficient (Wildman–Crippen LogP) is 4.55. The van der Waals surface area contributed by atoms with Gasteiger partial charge in [0.25, 0.3) is 0 Å². The molecule has 2 aromatic rings. The van der Waals surface area contributed by atoms with Gasteiger partial charge in [-0.3, -0.25) is 4.90 Å². The molecule has 2 aromatic carbocycles. The van der Waals surface area contributed by atoms with Crippen molar-refractivity contribution in [1.29, 1.82) is 0 Å². The van der Waals surface area contributed by atoms with Gasteiger partial charge in [-0.1, -0.05) is 36.4 Å². The van der Waals surface area contributed by atoms with Crippen LogP contribution in [0.3, 0.4) is 0 Å². The fourth-order valence-electron chi connectivity index (χ4n) is 3.20. The average molecular weight is 376 g/mol. The summed E-state index contributed by atoms with van der Waals surface area (Å²) in [6, 6.07) is 13.4. The van der Waals surface area contributed by atoms with Gasteiger partial charge in [-0.15, -0.1) is 0 Å². The molecule has 6 heteroatoms. The zero-order valence-corrected chi connectivity index (χ0v) is 15.2. The fourth-order valence-corrected chi connectivity index (χ4v) is 3.20. The van der Waals surface area contributed by atoms with Crippen molar-refractivity contribution in [3.63, 3.8) is 0 Å². The minimum Gasteiger partial charge on any atom is -0.496 e. The number of methoxy groups -OCH3 is 1. The lowest BCUT2D eigenvalue weighted by Crippen LogP contribution is -2.46. The van der Waals surface area contributed by atoms with E-state index in [-0.39, 0.29) is 0 Å². The summed E-state index contributed by atoms with van der Waals surface area (Å²) < 4.78 is 44.0. The molecular formula is C21H23F3N2O. The largest absolute Gasteiger partial charge is 0.496 e. The van der Waals surface area contributed by atoms with Crippen LogP contribution in [0.25, 0.3) is 6.08 Å². The van der Waals surface area contributed by atoms with Crippen LogP contribution in [0.1, 0.15) is 11.1 Å². The molecule has 0 aliphatic carbocycles. The quantitative estimate of drug-likeness (QED) is 0.761. The van der Waals surface area contributed by atoms with Crippen molar-refractivity contribution in [2.24, 2.45) is 0 Å². The molecule has 0 amide bonds. The Labute approximate surface area is 157 Å². The fraction of sp³-hybridized carbons (Fsp3) is 0.333. The summed E-state index contributed by atoms with van der Waals surface area (Å²) in [5, 5.41) is 0. The van der Waals surface area contributed by atoms with E-state index in [4.69, 9.17) is 4.74 Å². The van der Waals surface area contributed by atoms with Crippen LogP contribution in [0.2, 0.25) is 0 Å². The summed E-state index contributed by atoms with van der Waals surface area (Å²) >= 11 is 0. The average Bonchev–Trinajstić information content (AvgIpc) is 2.68. The van der Waals surface area contributed by atoms with E-state index in [0.29, 0.717) is 18.8 Å². The lowest BCUT2D eigenvalue weighted by atomic mass is 10.1. The number of alkyl halides is 3. The van der Waals surface area contributed by atoms with Crippen LogP contribution >= 0.6 is 0 Å². The summed E-state index contributed by atoms with van der Waals surface area (Å²) in [5.41, 5.74) is 1.07. The van der Waals surface area contributed by atoms with Crippen LogP contribution in [0.15, 0.2) is 54.6 Å². The molecule has 0 spiro atoms. The first-order chi connectivity index (χ1) is 13.0. The highest BCUT2D eigenvalue weighted by Gasteiger charge is 2.31. The van der Waals surface area contributed by atoms with Crippen LogP contribution in [0, 0.1) is 0 Å². The summed E-state index contributed by atoms with van der Waals surface area (Å²) in [6.45, 7) is 3.85. The molecule has 144 valence electrons. The lowest BCUT2D eigenvalue weighted by Gasteiger charge is -2.35. The summed E-state index contributed by atoms with van der Waals surface area (Å²) in [4.78, 5) is 4.30. The van der Waals surface area contributed by atoms with Gasteiger partial charge in [-0.25, -0.2) is 0 Å². The molecule has 3 nitrogen and oxygen atoms in total. The van der Waals surface area contributed by atoms with Crippen LogP contribution in [-0.2, 0) is 6.18 Å². The molecule has 0 unspecified atom stereocenters. The molecule has 0 atom stereocenters. The minimum absolute atomic E-state index is 0.595. The van der Waals surface area contributed by atoms with E-state index in [9.17, 15) is 13.2 Å². The van der Waals surface area contributed by atoms with Gasteiger partial charge in [-0.05, 0) is 24.3 Å². The molecule has 27 heavy (non-hydrogen) atoms. The summed E-state index contributed by atoms with van der Waals surface area (Å²) in [7, 11) is 1.65. The number of hydrogen-bond acceptors (Lipinski definition) is 3. The van der Waals surface area contributed by atoms with Crippen molar-refractivity contribution < 1.29 is 17.9 Å². The van der Waals surface area contributed by atoms with E-state index in [2.05, 4.69) is 11.0 Å². The zero-order valence-electron chi connectivity index (χ0n) is 15.2. The van der Waals surface area contributed by atoms with Crippen LogP contribution in [0.5, 0.6) is 5.75 Å². The molecule has 0 radical (unpaired) electrons. The number of nitrogens with zero attached hydrogens (tertiary/aromatic N) is 2. The number of rotatable bonds is 5. The Bertz CT molecular complexity index is 781. The summed E-state index contributed by atoms with van der Waals surface area (Å²) in [5.74, 6) is 0.836. The van der Waals surface area contributed by atoms with E-state index in [1.807, 2.05) is 35.2 Å². The minimum atomic E-state index is -4.30. The van der Waals surface area contributed by atoms with Gasteiger partial charge in [-0.2, -0.15) is 13.2 Å². The SMILES string of the molecule is COc1ccccc1/C=C\CN1CCN(c2cccc(C(F)(F)F)c2)CC1. The standard InChI is InChI=1S/C21H23F3N2O/c1-27-20-10-3-2-6-17(20)7-5-11-25-12-14-26(15-13-25)19-9-4-8-18(16-19)21(22,23)24/h2-10,16H,11-15H2,1H3/b7-5-. The van der Waals surface area contributed by atoms with Gasteiger partial charge in [0, 0.05) is 44.0 Å². The number of piperazine rings is 1. The van der Waals surface area contributed by atoms with E-state index in [1.54, 1.807) is 13.2 Å². The molecule has 0 saturated carbocycles. The van der Waals surface area contributed by atoms with Gasteiger partial charge in [0.2, 0.25) is 0 Å². The van der Waals surface area contributed by atoms with E-state index in [0.717, 1.165) is 37.0 Å². The van der Waals surface area contributed by atoms with Gasteiger partial charge in [0.1, 0.15) is 5.75 Å². The second-order valence-corrected chi connectivity index (χ2v) is 6.48. The van der Waals surface area contributed by atoms with Crippen molar-refractivity contribution in [3.05, 3.63) is 65.7 Å². The first-order valence-electron chi connectivity index (χ1n) is 8.91. The van der Waals surface area contributed by atoms with Crippen molar-refractivity contribution in [3.8, 4) is 5.75 Å². The normalized spacial score (nSPS) is 16.1. The third-order valence-corrected chi connectivity index (χ3v) is 4.71. The van der Waals surface area contributed by atoms with Gasteiger partial charge in [0.05, 0.1) is 12.7 Å². The molecule has 0 aromatic heterocycles. The molecule has 1 aliphatic rings. The molecule has 3 rings (SSSR count). The third-order valence-electron chi connectivity index (χ3n) is 4.71. The smallest absolute Gasteiger partial charge is 0.416 e. The Balaban J connectivity index is 1.54. The molecule has 1 fully saturated rings. The third kappa shape index (κ3) is 5.04. The maximum absolute atomic E-state index is 12.9. The molecular weight excluding hydrogens is 353 g/mol. The Morgan fingerprint density at radius 3 is 2.44 bits per heavy atom. The first-order valence-corrected chi connectivity index (χ1v) is 8.91. The van der Waals surface area contributed by atoms with Crippen LogP contribution in [-0.4, -0.2) is 44.7 Å². The van der Waals surface area contributed by atoms with Gasteiger partial charge < -0.3 is 9.64 Å². The predicted molar refractivity (Wildman–Crippen MR) is 102 cm³/mol. The van der Waals surface area contributed by atoms with Gasteiger partial charge in [0.15, 0.2) is 0 Å². The van der Waals surface area contributed by atoms with Crippen molar-refractivity contribution >= 4 is 11.8 Å². The second-order valence-electron chi connectivity index (χ2n) is 6.48. The lowest BCUT2D eigenvalue weighted by molar-refractivity contribution is -0.137. The molecule has 1 saturated heterocycles. The van der Waals surface area contributed by atoms with Crippen molar-refractivity contribution in [1.82, 2.24) is 4.90 Å². The number of anilines is 1. The number of benzene rings is 2. The van der Waals surface area contributed by atoms with E-state index in [1.165, 1.54) is 12.1 Å². The Hall–Kier alpha value is -2.47. The van der Waals surface area contributed by atoms with Crippen molar-refractivity contribution in [2.45, 2.75) is 6.18 Å². The molecule has 1 heterocycles. The van der Waals surface area contributed by atoms with E-state index >= 15 is 0 Å². The molecule has 0 bridgehead atoms. The first kappa shape index (κ1) is 19.3. The second kappa shape index (κ2) is 8.48. The highest BCUT2D eigenvalue weighted by atomic mass is 19.4. The van der Waals surface area contributed by atoms with E-state index < -0.39 is 11.7 Å². The Kier molecular flexibility index (Phi) is 6.06. The zero-order chi connectivity index (χ0) is 19.3. The maximum atomic E-state index is 12.9.